The van der Waals surface area contributed by atoms with E-state index in [4.69, 9.17) is 9.84 Å². The van der Waals surface area contributed by atoms with Gasteiger partial charge in [-0.1, -0.05) is 6.92 Å². The van der Waals surface area contributed by atoms with E-state index in [2.05, 4.69) is 11.8 Å². The SMILES string of the molecule is CCCN(CCCCO)CCOCC. The Labute approximate surface area is 88.1 Å². The van der Waals surface area contributed by atoms with E-state index in [-0.39, 0.29) is 0 Å². The van der Waals surface area contributed by atoms with Crippen molar-refractivity contribution in [1.29, 1.82) is 0 Å². The predicted octanol–water partition coefficient (Wildman–Crippen LogP) is 1.51. The Morgan fingerprint density at radius 1 is 1.07 bits per heavy atom. The summed E-state index contributed by atoms with van der Waals surface area (Å²) in [5.41, 5.74) is 0. The largest absolute Gasteiger partial charge is 0.396 e. The highest BCUT2D eigenvalue weighted by atomic mass is 16.5. The molecule has 0 atom stereocenters. The van der Waals surface area contributed by atoms with Gasteiger partial charge in [0, 0.05) is 19.8 Å². The summed E-state index contributed by atoms with van der Waals surface area (Å²) >= 11 is 0. The molecule has 0 fully saturated rings. The first-order valence-corrected chi connectivity index (χ1v) is 5.76. The minimum atomic E-state index is 0.311. The molecule has 0 unspecified atom stereocenters. The topological polar surface area (TPSA) is 32.7 Å². The summed E-state index contributed by atoms with van der Waals surface area (Å²) < 4.78 is 5.33. The molecule has 3 nitrogen and oxygen atoms in total. The zero-order chi connectivity index (χ0) is 10.6. The summed E-state index contributed by atoms with van der Waals surface area (Å²) in [6.45, 7) is 9.40. The van der Waals surface area contributed by atoms with Crippen LogP contribution >= 0.6 is 0 Å². The fourth-order valence-electron chi connectivity index (χ4n) is 1.44. The second-order valence-corrected chi connectivity index (χ2v) is 3.47. The third kappa shape index (κ3) is 8.48. The third-order valence-corrected chi connectivity index (χ3v) is 2.18. The second kappa shape index (κ2) is 11.0. The van der Waals surface area contributed by atoms with Crippen LogP contribution < -0.4 is 0 Å². The van der Waals surface area contributed by atoms with Crippen LogP contribution in [0.5, 0.6) is 0 Å². The van der Waals surface area contributed by atoms with Gasteiger partial charge in [0.25, 0.3) is 0 Å². The average molecular weight is 203 g/mol. The molecule has 0 saturated carbocycles. The Bertz CT molecular complexity index is 99.5. The molecule has 0 aliphatic rings. The van der Waals surface area contributed by atoms with Gasteiger partial charge in [0.1, 0.15) is 0 Å². The van der Waals surface area contributed by atoms with E-state index in [9.17, 15) is 0 Å². The molecule has 0 radical (unpaired) electrons. The summed E-state index contributed by atoms with van der Waals surface area (Å²) in [5.74, 6) is 0. The van der Waals surface area contributed by atoms with Gasteiger partial charge in [0.05, 0.1) is 6.61 Å². The van der Waals surface area contributed by atoms with Crippen molar-refractivity contribution in [3.8, 4) is 0 Å². The van der Waals surface area contributed by atoms with Crippen molar-refractivity contribution >= 4 is 0 Å². The van der Waals surface area contributed by atoms with Gasteiger partial charge in [0.2, 0.25) is 0 Å². The number of hydrogen-bond donors (Lipinski definition) is 1. The Morgan fingerprint density at radius 3 is 2.43 bits per heavy atom. The zero-order valence-corrected chi connectivity index (χ0v) is 9.67. The quantitative estimate of drug-likeness (QED) is 0.546. The lowest BCUT2D eigenvalue weighted by Gasteiger charge is -2.21. The van der Waals surface area contributed by atoms with Crippen molar-refractivity contribution in [3.63, 3.8) is 0 Å². The van der Waals surface area contributed by atoms with Gasteiger partial charge in [-0.2, -0.15) is 0 Å². The predicted molar refractivity (Wildman–Crippen MR) is 59.5 cm³/mol. The Hall–Kier alpha value is -0.120. The van der Waals surface area contributed by atoms with Crippen molar-refractivity contribution < 1.29 is 9.84 Å². The van der Waals surface area contributed by atoms with Gasteiger partial charge in [-0.15, -0.1) is 0 Å². The highest BCUT2D eigenvalue weighted by Crippen LogP contribution is 1.96. The lowest BCUT2D eigenvalue weighted by molar-refractivity contribution is 0.111. The van der Waals surface area contributed by atoms with Crippen molar-refractivity contribution in [2.75, 3.05) is 39.5 Å². The van der Waals surface area contributed by atoms with Crippen LogP contribution in [0.3, 0.4) is 0 Å². The van der Waals surface area contributed by atoms with Crippen LogP contribution in [0.25, 0.3) is 0 Å². The molecule has 0 amide bonds. The molecule has 0 aliphatic carbocycles. The first-order valence-electron chi connectivity index (χ1n) is 5.76. The van der Waals surface area contributed by atoms with Crippen LogP contribution in [-0.4, -0.2) is 49.5 Å². The number of hydrogen-bond acceptors (Lipinski definition) is 3. The molecule has 0 rings (SSSR count). The lowest BCUT2D eigenvalue weighted by Crippen LogP contribution is -2.29. The van der Waals surface area contributed by atoms with E-state index in [1.807, 2.05) is 6.92 Å². The molecule has 86 valence electrons. The summed E-state index contributed by atoms with van der Waals surface area (Å²) in [5, 5.41) is 8.68. The number of nitrogens with zero attached hydrogens (tertiary/aromatic N) is 1. The number of unbranched alkanes of at least 4 members (excludes halogenated alkanes) is 1. The normalized spacial score (nSPS) is 11.1. The fraction of sp³-hybridized carbons (Fsp3) is 1.00. The third-order valence-electron chi connectivity index (χ3n) is 2.18. The van der Waals surface area contributed by atoms with Crippen molar-refractivity contribution in [2.24, 2.45) is 0 Å². The molecule has 0 spiro atoms. The number of rotatable bonds is 10. The number of ether oxygens (including phenoxy) is 1. The molecule has 0 aromatic rings. The molecule has 0 aromatic carbocycles. The van der Waals surface area contributed by atoms with Crippen LogP contribution in [0.2, 0.25) is 0 Å². The molecule has 14 heavy (non-hydrogen) atoms. The summed E-state index contributed by atoms with van der Waals surface area (Å²) in [6, 6.07) is 0. The average Bonchev–Trinajstić information content (AvgIpc) is 2.18. The maximum Gasteiger partial charge on any atom is 0.0593 e. The summed E-state index contributed by atoms with van der Waals surface area (Å²) in [4.78, 5) is 2.41. The molecule has 0 aliphatic heterocycles. The van der Waals surface area contributed by atoms with Gasteiger partial charge in [0.15, 0.2) is 0 Å². The van der Waals surface area contributed by atoms with Crippen LogP contribution in [0.1, 0.15) is 33.1 Å². The molecule has 0 bridgehead atoms. The standard InChI is InChI=1S/C11H25NO2/c1-3-7-12(8-5-6-10-13)9-11-14-4-2/h13H,3-11H2,1-2H3. The maximum atomic E-state index is 8.68. The molecule has 1 N–H and O–H groups in total. The Balaban J connectivity index is 3.44. The van der Waals surface area contributed by atoms with Crippen LogP contribution in [0.15, 0.2) is 0 Å². The highest BCUT2D eigenvalue weighted by molar-refractivity contribution is 4.56. The van der Waals surface area contributed by atoms with Crippen molar-refractivity contribution in [3.05, 3.63) is 0 Å². The fourth-order valence-corrected chi connectivity index (χ4v) is 1.44. The van der Waals surface area contributed by atoms with E-state index >= 15 is 0 Å². The van der Waals surface area contributed by atoms with E-state index in [1.165, 1.54) is 6.42 Å². The van der Waals surface area contributed by atoms with Crippen molar-refractivity contribution in [2.45, 2.75) is 33.1 Å². The minimum absolute atomic E-state index is 0.311. The van der Waals surface area contributed by atoms with Gasteiger partial charge < -0.3 is 14.7 Å². The number of aliphatic hydroxyl groups excluding tert-OH is 1. The van der Waals surface area contributed by atoms with Crippen LogP contribution in [0, 0.1) is 0 Å². The first kappa shape index (κ1) is 13.9. The second-order valence-electron chi connectivity index (χ2n) is 3.47. The molecule has 0 heterocycles. The van der Waals surface area contributed by atoms with Gasteiger partial charge in [-0.3, -0.25) is 0 Å². The molecular weight excluding hydrogens is 178 g/mol. The smallest absolute Gasteiger partial charge is 0.0593 e. The van der Waals surface area contributed by atoms with Crippen molar-refractivity contribution in [1.82, 2.24) is 4.90 Å². The lowest BCUT2D eigenvalue weighted by atomic mass is 10.3. The van der Waals surface area contributed by atoms with E-state index in [0.29, 0.717) is 6.61 Å². The van der Waals surface area contributed by atoms with E-state index in [1.54, 1.807) is 0 Å². The summed E-state index contributed by atoms with van der Waals surface area (Å²) in [7, 11) is 0. The minimum Gasteiger partial charge on any atom is -0.396 e. The van der Waals surface area contributed by atoms with E-state index < -0.39 is 0 Å². The molecular formula is C11H25NO2. The Morgan fingerprint density at radius 2 is 1.86 bits per heavy atom. The van der Waals surface area contributed by atoms with Gasteiger partial charge in [-0.05, 0) is 39.3 Å². The summed E-state index contributed by atoms with van der Waals surface area (Å²) in [6.07, 6.45) is 3.18. The van der Waals surface area contributed by atoms with Gasteiger partial charge in [-0.25, -0.2) is 0 Å². The first-order chi connectivity index (χ1) is 6.85. The number of aliphatic hydroxyl groups is 1. The van der Waals surface area contributed by atoms with Crippen LogP contribution in [-0.2, 0) is 4.74 Å². The highest BCUT2D eigenvalue weighted by Gasteiger charge is 2.02. The Kier molecular flexibility index (Phi) is 10.9. The monoisotopic (exact) mass is 203 g/mol. The van der Waals surface area contributed by atoms with E-state index in [0.717, 1.165) is 45.7 Å². The van der Waals surface area contributed by atoms with Gasteiger partial charge >= 0.3 is 0 Å². The van der Waals surface area contributed by atoms with Crippen LogP contribution in [0.4, 0.5) is 0 Å². The zero-order valence-electron chi connectivity index (χ0n) is 9.67. The molecule has 3 heteroatoms. The maximum absolute atomic E-state index is 8.68. The molecule has 0 aromatic heterocycles. The molecule has 0 saturated heterocycles.